The molecule has 126 valence electrons. The predicted molar refractivity (Wildman–Crippen MR) is 96.1 cm³/mol. The van der Waals surface area contributed by atoms with E-state index in [1.54, 1.807) is 0 Å². The van der Waals surface area contributed by atoms with Gasteiger partial charge >= 0.3 is 0 Å². The first-order valence-corrected chi connectivity index (χ1v) is 9.06. The van der Waals surface area contributed by atoms with Crippen LogP contribution in [0.1, 0.15) is 38.2 Å². The minimum Gasteiger partial charge on any atom is -0.369 e. The molecule has 1 aliphatic heterocycles. The summed E-state index contributed by atoms with van der Waals surface area (Å²) in [5, 5.41) is 3.13. The van der Waals surface area contributed by atoms with Gasteiger partial charge in [0.05, 0.1) is 0 Å². The molecule has 0 bridgehead atoms. The first-order valence-electron chi connectivity index (χ1n) is 9.06. The third-order valence-corrected chi connectivity index (χ3v) is 5.38. The van der Waals surface area contributed by atoms with E-state index in [-0.39, 0.29) is 11.8 Å². The van der Waals surface area contributed by atoms with Crippen LogP contribution in [-0.2, 0) is 4.79 Å². The van der Waals surface area contributed by atoms with Crippen molar-refractivity contribution in [2.24, 2.45) is 5.92 Å². The van der Waals surface area contributed by atoms with Crippen molar-refractivity contribution in [1.29, 1.82) is 0 Å². The maximum Gasteiger partial charge on any atom is 0.227 e. The number of carbonyl (C=O) groups is 1. The van der Waals surface area contributed by atoms with Crippen molar-refractivity contribution in [3.05, 3.63) is 23.8 Å². The highest BCUT2D eigenvalue weighted by atomic mass is 16.1. The van der Waals surface area contributed by atoms with Crippen LogP contribution in [0.5, 0.6) is 0 Å². The van der Waals surface area contributed by atoms with Gasteiger partial charge in [-0.3, -0.25) is 4.79 Å². The average Bonchev–Trinajstić information content (AvgIpc) is 3.11. The number of hydrogen-bond acceptors (Lipinski definition) is 3. The van der Waals surface area contributed by atoms with E-state index >= 15 is 0 Å². The van der Waals surface area contributed by atoms with Crippen LogP contribution in [0.3, 0.4) is 0 Å². The van der Waals surface area contributed by atoms with Crippen LogP contribution >= 0.6 is 0 Å². The molecular formula is C19H29N3O. The molecule has 23 heavy (non-hydrogen) atoms. The monoisotopic (exact) mass is 315 g/mol. The van der Waals surface area contributed by atoms with E-state index in [1.165, 1.54) is 18.5 Å². The lowest BCUT2D eigenvalue weighted by atomic mass is 10.1. The Morgan fingerprint density at radius 3 is 2.48 bits per heavy atom. The Labute approximate surface area is 139 Å². The van der Waals surface area contributed by atoms with Gasteiger partial charge in [-0.25, -0.2) is 0 Å². The zero-order chi connectivity index (χ0) is 16.2. The number of hydrogen-bond donors (Lipinski definition) is 1. The Hall–Kier alpha value is -1.55. The SMILES string of the molecule is CCN1CCN(c2ccc(NC(=O)C3CCCC3)c(C)c2)CC1. The quantitative estimate of drug-likeness (QED) is 0.926. The number of anilines is 2. The molecule has 1 aliphatic carbocycles. The van der Waals surface area contributed by atoms with Crippen LogP contribution in [0.2, 0.25) is 0 Å². The Morgan fingerprint density at radius 1 is 1.17 bits per heavy atom. The summed E-state index contributed by atoms with van der Waals surface area (Å²) in [7, 11) is 0. The molecule has 1 saturated carbocycles. The van der Waals surface area contributed by atoms with Gasteiger partial charge < -0.3 is 15.1 Å². The largest absolute Gasteiger partial charge is 0.369 e. The molecule has 0 spiro atoms. The minimum absolute atomic E-state index is 0.204. The molecule has 1 aromatic carbocycles. The van der Waals surface area contributed by atoms with Crippen LogP contribution in [-0.4, -0.2) is 43.5 Å². The van der Waals surface area contributed by atoms with Crippen LogP contribution in [0.15, 0.2) is 18.2 Å². The van der Waals surface area contributed by atoms with E-state index in [0.29, 0.717) is 0 Å². The highest BCUT2D eigenvalue weighted by Gasteiger charge is 2.23. The summed E-state index contributed by atoms with van der Waals surface area (Å²) in [5.41, 5.74) is 3.40. The Balaban J connectivity index is 1.62. The van der Waals surface area contributed by atoms with Gasteiger partial charge in [0, 0.05) is 43.5 Å². The maximum atomic E-state index is 12.3. The van der Waals surface area contributed by atoms with E-state index in [9.17, 15) is 4.79 Å². The predicted octanol–water partition coefficient (Wildman–Crippen LogP) is 3.27. The van der Waals surface area contributed by atoms with Crippen molar-refractivity contribution in [3.63, 3.8) is 0 Å². The molecule has 0 radical (unpaired) electrons. The van der Waals surface area contributed by atoms with E-state index < -0.39 is 0 Å². The van der Waals surface area contributed by atoms with Gasteiger partial charge in [0.15, 0.2) is 0 Å². The smallest absolute Gasteiger partial charge is 0.227 e. The van der Waals surface area contributed by atoms with Crippen molar-refractivity contribution >= 4 is 17.3 Å². The second kappa shape index (κ2) is 7.35. The standard InChI is InChI=1S/C19H29N3O/c1-3-21-10-12-22(13-11-21)17-8-9-18(15(2)14-17)20-19(23)16-6-4-5-7-16/h8-9,14,16H,3-7,10-13H2,1-2H3,(H,20,23). The zero-order valence-corrected chi connectivity index (χ0v) is 14.5. The number of nitrogens with one attached hydrogen (secondary N) is 1. The lowest BCUT2D eigenvalue weighted by Gasteiger charge is -2.35. The third kappa shape index (κ3) is 3.86. The molecule has 1 amide bonds. The molecule has 0 unspecified atom stereocenters. The van der Waals surface area contributed by atoms with E-state index in [0.717, 1.165) is 56.8 Å². The fourth-order valence-corrected chi connectivity index (χ4v) is 3.73. The van der Waals surface area contributed by atoms with Crippen molar-refractivity contribution in [1.82, 2.24) is 4.90 Å². The van der Waals surface area contributed by atoms with Crippen molar-refractivity contribution in [2.45, 2.75) is 39.5 Å². The number of likely N-dealkylation sites (N-methyl/N-ethyl adjacent to an activating group) is 1. The average molecular weight is 315 g/mol. The van der Waals surface area contributed by atoms with Gasteiger partial charge in [-0.2, -0.15) is 0 Å². The second-order valence-corrected chi connectivity index (χ2v) is 6.89. The molecule has 0 aromatic heterocycles. The van der Waals surface area contributed by atoms with Gasteiger partial charge in [-0.15, -0.1) is 0 Å². The van der Waals surface area contributed by atoms with Gasteiger partial charge in [-0.05, 0) is 50.1 Å². The van der Waals surface area contributed by atoms with Crippen LogP contribution < -0.4 is 10.2 Å². The van der Waals surface area contributed by atoms with Gasteiger partial charge in [0.25, 0.3) is 0 Å². The lowest BCUT2D eigenvalue weighted by molar-refractivity contribution is -0.119. The summed E-state index contributed by atoms with van der Waals surface area (Å²) in [4.78, 5) is 17.2. The van der Waals surface area contributed by atoms with Crippen molar-refractivity contribution in [2.75, 3.05) is 42.9 Å². The summed E-state index contributed by atoms with van der Waals surface area (Å²) in [6.45, 7) is 9.89. The molecule has 4 nitrogen and oxygen atoms in total. The Kier molecular flexibility index (Phi) is 5.21. The Bertz CT molecular complexity index is 544. The first kappa shape index (κ1) is 16.3. The van der Waals surface area contributed by atoms with E-state index in [4.69, 9.17) is 0 Å². The summed E-state index contributed by atoms with van der Waals surface area (Å²) in [6, 6.07) is 6.44. The molecule has 2 fully saturated rings. The summed E-state index contributed by atoms with van der Waals surface area (Å²) in [6.07, 6.45) is 4.48. The normalized spacial score (nSPS) is 20.0. The van der Waals surface area contributed by atoms with Gasteiger partial charge in [0.1, 0.15) is 0 Å². The van der Waals surface area contributed by atoms with Crippen molar-refractivity contribution < 1.29 is 4.79 Å². The topological polar surface area (TPSA) is 35.6 Å². The number of piperazine rings is 1. The second-order valence-electron chi connectivity index (χ2n) is 6.89. The van der Waals surface area contributed by atoms with Crippen LogP contribution in [0, 0.1) is 12.8 Å². The van der Waals surface area contributed by atoms with E-state index in [2.05, 4.69) is 47.2 Å². The number of amides is 1. The highest BCUT2D eigenvalue weighted by molar-refractivity contribution is 5.93. The minimum atomic E-state index is 0.204. The summed E-state index contributed by atoms with van der Waals surface area (Å²) in [5.74, 6) is 0.422. The van der Waals surface area contributed by atoms with Gasteiger partial charge in [-0.1, -0.05) is 19.8 Å². The molecule has 4 heteroatoms. The molecule has 1 N–H and O–H groups in total. The Morgan fingerprint density at radius 2 is 1.87 bits per heavy atom. The molecule has 3 rings (SSSR count). The molecule has 1 saturated heterocycles. The summed E-state index contributed by atoms with van der Waals surface area (Å²) < 4.78 is 0. The first-order chi connectivity index (χ1) is 11.2. The number of rotatable bonds is 4. The lowest BCUT2D eigenvalue weighted by Crippen LogP contribution is -2.46. The van der Waals surface area contributed by atoms with Crippen LogP contribution in [0.4, 0.5) is 11.4 Å². The molecule has 1 aromatic rings. The highest BCUT2D eigenvalue weighted by Crippen LogP contribution is 2.28. The van der Waals surface area contributed by atoms with Gasteiger partial charge in [0.2, 0.25) is 5.91 Å². The number of aryl methyl sites for hydroxylation is 1. The molecule has 0 atom stereocenters. The zero-order valence-electron chi connectivity index (χ0n) is 14.5. The van der Waals surface area contributed by atoms with E-state index in [1.807, 2.05) is 0 Å². The van der Waals surface area contributed by atoms with Crippen LogP contribution in [0.25, 0.3) is 0 Å². The fraction of sp³-hybridized carbons (Fsp3) is 0.632. The maximum absolute atomic E-state index is 12.3. The molecule has 1 heterocycles. The number of benzene rings is 1. The van der Waals surface area contributed by atoms with Crippen molar-refractivity contribution in [3.8, 4) is 0 Å². The molecule has 2 aliphatic rings. The number of carbonyl (C=O) groups excluding carboxylic acids is 1. The number of nitrogens with zero attached hydrogens (tertiary/aromatic N) is 2. The fourth-order valence-electron chi connectivity index (χ4n) is 3.73. The molecular weight excluding hydrogens is 286 g/mol. The third-order valence-electron chi connectivity index (χ3n) is 5.38. The summed E-state index contributed by atoms with van der Waals surface area (Å²) >= 11 is 0.